The van der Waals surface area contributed by atoms with Crippen LogP contribution in [0.15, 0.2) is 24.3 Å². The first-order valence-corrected chi connectivity index (χ1v) is 6.39. The molecule has 0 atom stereocenters. The second-order valence-electron chi connectivity index (χ2n) is 4.56. The van der Waals surface area contributed by atoms with Crippen LogP contribution in [0, 0.1) is 0 Å². The lowest BCUT2D eigenvalue weighted by Gasteiger charge is -2.15. The van der Waals surface area contributed by atoms with Crippen LogP contribution in [0.5, 0.6) is 0 Å². The van der Waals surface area contributed by atoms with Gasteiger partial charge in [0.05, 0.1) is 0 Å². The number of anilines is 1. The Morgan fingerprint density at radius 1 is 1.32 bits per heavy atom. The highest BCUT2D eigenvalue weighted by molar-refractivity contribution is 5.97. The molecule has 19 heavy (non-hydrogen) atoms. The van der Waals surface area contributed by atoms with Gasteiger partial charge in [0.2, 0.25) is 5.91 Å². The number of carbonyl (C=O) groups excluding carboxylic acids is 2. The zero-order chi connectivity index (χ0) is 13.7. The predicted molar refractivity (Wildman–Crippen MR) is 72.1 cm³/mol. The van der Waals surface area contributed by atoms with E-state index in [2.05, 4.69) is 5.32 Å². The fraction of sp³-hybridized carbons (Fsp3) is 0.429. The third kappa shape index (κ3) is 3.54. The maximum atomic E-state index is 12.2. The summed E-state index contributed by atoms with van der Waals surface area (Å²) in [7, 11) is 1.47. The second kappa shape index (κ2) is 6.33. The quantitative estimate of drug-likeness (QED) is 0.894. The van der Waals surface area contributed by atoms with Gasteiger partial charge in [-0.3, -0.25) is 9.59 Å². The number of nitrogens with one attached hydrogen (secondary N) is 1. The summed E-state index contributed by atoms with van der Waals surface area (Å²) >= 11 is 0. The Labute approximate surface area is 112 Å². The van der Waals surface area contributed by atoms with Crippen LogP contribution in [0.3, 0.4) is 0 Å². The first-order chi connectivity index (χ1) is 9.20. The summed E-state index contributed by atoms with van der Waals surface area (Å²) in [5.74, 6) is -0.200. The fourth-order valence-electron chi connectivity index (χ4n) is 2.16. The van der Waals surface area contributed by atoms with E-state index in [0.717, 1.165) is 25.9 Å². The molecule has 1 heterocycles. The van der Waals surface area contributed by atoms with Gasteiger partial charge in [0, 0.05) is 31.5 Å². The first kappa shape index (κ1) is 13.5. The molecule has 2 rings (SSSR count). The van der Waals surface area contributed by atoms with Gasteiger partial charge in [0.1, 0.15) is 6.61 Å². The number of rotatable bonds is 4. The molecule has 0 spiro atoms. The van der Waals surface area contributed by atoms with Gasteiger partial charge in [-0.1, -0.05) is 6.07 Å². The molecule has 102 valence electrons. The lowest BCUT2D eigenvalue weighted by atomic mass is 10.1. The first-order valence-electron chi connectivity index (χ1n) is 6.39. The molecule has 1 aromatic rings. The Hall–Kier alpha value is -1.88. The van der Waals surface area contributed by atoms with Crippen molar-refractivity contribution in [3.63, 3.8) is 0 Å². The van der Waals surface area contributed by atoms with Gasteiger partial charge in [0.25, 0.3) is 5.91 Å². The van der Waals surface area contributed by atoms with Crippen LogP contribution >= 0.6 is 0 Å². The van der Waals surface area contributed by atoms with Crippen LogP contribution < -0.4 is 5.32 Å². The summed E-state index contributed by atoms with van der Waals surface area (Å²) in [6.45, 7) is 1.64. The average Bonchev–Trinajstić information content (AvgIpc) is 2.92. The van der Waals surface area contributed by atoms with Gasteiger partial charge in [0.15, 0.2) is 0 Å². The van der Waals surface area contributed by atoms with E-state index in [9.17, 15) is 9.59 Å². The maximum absolute atomic E-state index is 12.2. The van der Waals surface area contributed by atoms with Crippen LogP contribution in [-0.4, -0.2) is 43.5 Å². The molecule has 0 aliphatic carbocycles. The molecule has 5 nitrogen and oxygen atoms in total. The van der Waals surface area contributed by atoms with E-state index >= 15 is 0 Å². The summed E-state index contributed by atoms with van der Waals surface area (Å²) in [6, 6.07) is 7.00. The van der Waals surface area contributed by atoms with E-state index in [1.54, 1.807) is 24.3 Å². The van der Waals surface area contributed by atoms with Crippen LogP contribution in [0.25, 0.3) is 0 Å². The highest BCUT2D eigenvalue weighted by atomic mass is 16.5. The minimum absolute atomic E-state index is 0.00426. The van der Waals surface area contributed by atoms with Gasteiger partial charge < -0.3 is 15.0 Å². The Kier molecular flexibility index (Phi) is 4.52. The minimum atomic E-state index is -0.228. The Balaban J connectivity index is 2.05. The predicted octanol–water partition coefficient (Wildman–Crippen LogP) is 1.51. The van der Waals surface area contributed by atoms with Crippen molar-refractivity contribution >= 4 is 17.5 Å². The summed E-state index contributed by atoms with van der Waals surface area (Å²) in [5.41, 5.74) is 1.23. The normalized spacial score (nSPS) is 14.5. The number of hydrogen-bond acceptors (Lipinski definition) is 3. The number of likely N-dealkylation sites (tertiary alicyclic amines) is 1. The minimum Gasteiger partial charge on any atom is -0.375 e. The number of carbonyl (C=O) groups is 2. The standard InChI is InChI=1S/C14H18N2O3/c1-19-10-13(17)15-12-6-4-5-11(9-12)14(18)16-7-2-3-8-16/h4-6,9H,2-3,7-8,10H2,1H3,(H,15,17). The molecule has 1 saturated heterocycles. The molecule has 0 bridgehead atoms. The molecule has 2 amide bonds. The summed E-state index contributed by atoms with van der Waals surface area (Å²) < 4.78 is 4.75. The van der Waals surface area contributed by atoms with Crippen molar-refractivity contribution in [3.05, 3.63) is 29.8 Å². The van der Waals surface area contributed by atoms with E-state index < -0.39 is 0 Å². The van der Waals surface area contributed by atoms with Crippen molar-refractivity contribution in [2.45, 2.75) is 12.8 Å². The molecule has 0 unspecified atom stereocenters. The Morgan fingerprint density at radius 2 is 2.05 bits per heavy atom. The van der Waals surface area contributed by atoms with Crippen LogP contribution in [0.1, 0.15) is 23.2 Å². The van der Waals surface area contributed by atoms with Gasteiger partial charge in [-0.05, 0) is 31.0 Å². The van der Waals surface area contributed by atoms with Crippen molar-refractivity contribution in [2.75, 3.05) is 32.1 Å². The number of ether oxygens (including phenoxy) is 1. The largest absolute Gasteiger partial charge is 0.375 e. The number of benzene rings is 1. The molecular formula is C14H18N2O3. The van der Waals surface area contributed by atoms with Gasteiger partial charge in [-0.25, -0.2) is 0 Å². The fourth-order valence-corrected chi connectivity index (χ4v) is 2.16. The third-order valence-corrected chi connectivity index (χ3v) is 3.06. The van der Waals surface area contributed by atoms with Gasteiger partial charge >= 0.3 is 0 Å². The van der Waals surface area contributed by atoms with Gasteiger partial charge in [-0.15, -0.1) is 0 Å². The summed E-state index contributed by atoms with van der Waals surface area (Å²) in [4.78, 5) is 25.5. The van der Waals surface area contributed by atoms with Crippen molar-refractivity contribution in [1.82, 2.24) is 4.90 Å². The molecule has 1 aliphatic rings. The van der Waals surface area contributed by atoms with Crippen molar-refractivity contribution < 1.29 is 14.3 Å². The van der Waals surface area contributed by atoms with Crippen molar-refractivity contribution in [1.29, 1.82) is 0 Å². The third-order valence-electron chi connectivity index (χ3n) is 3.06. The van der Waals surface area contributed by atoms with Crippen LogP contribution in [0.2, 0.25) is 0 Å². The molecule has 1 N–H and O–H groups in total. The number of hydrogen-bond donors (Lipinski definition) is 1. The average molecular weight is 262 g/mol. The maximum Gasteiger partial charge on any atom is 0.253 e. The highest BCUT2D eigenvalue weighted by Gasteiger charge is 2.19. The molecule has 0 aromatic heterocycles. The second-order valence-corrected chi connectivity index (χ2v) is 4.56. The van der Waals surface area contributed by atoms with Crippen molar-refractivity contribution in [3.8, 4) is 0 Å². The molecule has 0 radical (unpaired) electrons. The lowest BCUT2D eigenvalue weighted by Crippen LogP contribution is -2.27. The SMILES string of the molecule is COCC(=O)Nc1cccc(C(=O)N2CCCC2)c1. The summed E-state index contributed by atoms with van der Waals surface area (Å²) in [6.07, 6.45) is 2.13. The molecule has 1 fully saturated rings. The number of amides is 2. The zero-order valence-corrected chi connectivity index (χ0v) is 11.0. The zero-order valence-electron chi connectivity index (χ0n) is 11.0. The highest BCUT2D eigenvalue weighted by Crippen LogP contribution is 2.16. The van der Waals surface area contributed by atoms with E-state index in [0.29, 0.717) is 11.3 Å². The molecule has 0 saturated carbocycles. The Bertz CT molecular complexity index is 468. The topological polar surface area (TPSA) is 58.6 Å². The molecule has 1 aromatic carbocycles. The van der Waals surface area contributed by atoms with Gasteiger partial charge in [-0.2, -0.15) is 0 Å². The smallest absolute Gasteiger partial charge is 0.253 e. The molecule has 1 aliphatic heterocycles. The van der Waals surface area contributed by atoms with Crippen LogP contribution in [-0.2, 0) is 9.53 Å². The van der Waals surface area contributed by atoms with E-state index in [-0.39, 0.29) is 18.4 Å². The van der Waals surface area contributed by atoms with Crippen molar-refractivity contribution in [2.24, 2.45) is 0 Å². The van der Waals surface area contributed by atoms with E-state index in [1.807, 2.05) is 4.90 Å². The van der Waals surface area contributed by atoms with E-state index in [1.165, 1.54) is 7.11 Å². The number of methoxy groups -OCH3 is 1. The molecule has 5 heteroatoms. The van der Waals surface area contributed by atoms with E-state index in [4.69, 9.17) is 4.74 Å². The summed E-state index contributed by atoms with van der Waals surface area (Å²) in [5, 5.41) is 2.69. The van der Waals surface area contributed by atoms with Crippen LogP contribution in [0.4, 0.5) is 5.69 Å². The Morgan fingerprint density at radius 3 is 2.74 bits per heavy atom. The number of nitrogens with zero attached hydrogens (tertiary/aromatic N) is 1. The molecular weight excluding hydrogens is 244 g/mol. The lowest BCUT2D eigenvalue weighted by molar-refractivity contribution is -0.119. The monoisotopic (exact) mass is 262 g/mol.